The normalized spacial score (nSPS) is 8.80. The van der Waals surface area contributed by atoms with Crippen molar-refractivity contribution in [3.8, 4) is 0 Å². The smallest absolute Gasteiger partial charge is 0.0487 e. The average molecular weight is 281 g/mol. The molecule has 2 aromatic heterocycles. The van der Waals surface area contributed by atoms with Crippen LogP contribution in [0.2, 0.25) is 0 Å². The first-order chi connectivity index (χ1) is 6.97. The van der Waals surface area contributed by atoms with Crippen molar-refractivity contribution in [3.05, 3.63) is 54.2 Å². The molecule has 2 nitrogen and oxygen atoms in total. The zero-order valence-electron chi connectivity index (χ0n) is 7.96. The van der Waals surface area contributed by atoms with Gasteiger partial charge in [0.1, 0.15) is 0 Å². The molecule has 2 heterocycles. The molecule has 0 aliphatic rings. The van der Waals surface area contributed by atoms with E-state index in [4.69, 9.17) is 0 Å². The van der Waals surface area contributed by atoms with Gasteiger partial charge in [0, 0.05) is 34.2 Å². The van der Waals surface area contributed by atoms with E-state index in [-0.39, 0.29) is 17.1 Å². The molecule has 0 saturated carbocycles. The van der Waals surface area contributed by atoms with E-state index in [2.05, 4.69) is 45.9 Å². The maximum absolute atomic E-state index is 3.60. The molecule has 2 radical (unpaired) electrons. The van der Waals surface area contributed by atoms with Gasteiger partial charge in [-0.05, 0) is 29.0 Å². The number of fused-ring (bicyclic) bond motifs is 1. The summed E-state index contributed by atoms with van der Waals surface area (Å²) in [5.74, 6) is 0. The van der Waals surface area contributed by atoms with Gasteiger partial charge in [0.15, 0.2) is 0 Å². The van der Waals surface area contributed by atoms with Gasteiger partial charge in [-0.15, -0.1) is 11.3 Å². The summed E-state index contributed by atoms with van der Waals surface area (Å²) in [7, 11) is 0. The quantitative estimate of drug-likeness (QED) is 0.631. The number of hydrogen-bond acceptors (Lipinski definition) is 2. The van der Waals surface area contributed by atoms with E-state index >= 15 is 0 Å². The summed E-state index contributed by atoms with van der Waals surface area (Å²) in [4.78, 5) is 0. The van der Waals surface area contributed by atoms with Crippen LogP contribution in [0.1, 0.15) is 0 Å². The van der Waals surface area contributed by atoms with Crippen molar-refractivity contribution in [2.75, 3.05) is 0 Å². The van der Waals surface area contributed by atoms with Crippen LogP contribution in [-0.2, 0) is 0 Å². The number of benzene rings is 1. The van der Waals surface area contributed by atoms with Crippen LogP contribution in [0.15, 0.2) is 54.2 Å². The fourth-order valence-electron chi connectivity index (χ4n) is 1.12. The van der Waals surface area contributed by atoms with Gasteiger partial charge in [0.25, 0.3) is 0 Å². The summed E-state index contributed by atoms with van der Waals surface area (Å²) in [6.07, 6.45) is 3.46. The maximum Gasteiger partial charge on any atom is 0.0487 e. The Labute approximate surface area is 103 Å². The first-order valence-corrected chi connectivity index (χ1v) is 5.21. The predicted octanol–water partition coefficient (Wildman–Crippen LogP) is 2.93. The van der Waals surface area contributed by atoms with Crippen molar-refractivity contribution in [1.29, 1.82) is 0 Å². The summed E-state index contributed by atoms with van der Waals surface area (Å²) in [6.45, 7) is 0. The number of aromatic amines is 1. The summed E-state index contributed by atoms with van der Waals surface area (Å²) >= 11 is 1.79. The molecule has 1 aromatic carbocycles. The van der Waals surface area contributed by atoms with E-state index in [0.29, 0.717) is 0 Å². The minimum Gasteiger partial charge on any atom is -0.286 e. The molecule has 76 valence electrons. The second-order valence-electron chi connectivity index (χ2n) is 2.72. The molecule has 3 rings (SSSR count). The molecule has 0 fully saturated rings. The average Bonchev–Trinajstić information content (AvgIpc) is 2.92. The summed E-state index contributed by atoms with van der Waals surface area (Å²) in [5.41, 5.74) is 0. The fourth-order valence-corrected chi connectivity index (χ4v) is 1.91. The molecule has 0 bridgehead atoms. The molecule has 0 unspecified atom stereocenters. The molecular weight excluding hydrogens is 271 g/mol. The Balaban J connectivity index is 0.000000162. The topological polar surface area (TPSA) is 28.7 Å². The maximum atomic E-state index is 3.60. The second-order valence-corrected chi connectivity index (χ2v) is 3.67. The van der Waals surface area contributed by atoms with Gasteiger partial charge in [-0.1, -0.05) is 18.2 Å². The predicted molar refractivity (Wildman–Crippen MR) is 66.2 cm³/mol. The fraction of sp³-hybridized carbons (Fsp3) is 0. The molecule has 15 heavy (non-hydrogen) atoms. The minimum absolute atomic E-state index is 0. The number of H-pyrrole nitrogens is 1. The van der Waals surface area contributed by atoms with Crippen LogP contribution < -0.4 is 0 Å². The van der Waals surface area contributed by atoms with Crippen molar-refractivity contribution in [3.63, 3.8) is 0 Å². The van der Waals surface area contributed by atoms with Crippen LogP contribution >= 0.6 is 11.3 Å². The Morgan fingerprint density at radius 2 is 1.93 bits per heavy atom. The zero-order chi connectivity index (χ0) is 9.64. The van der Waals surface area contributed by atoms with E-state index in [9.17, 15) is 0 Å². The number of aromatic nitrogens is 2. The van der Waals surface area contributed by atoms with E-state index in [1.165, 1.54) is 10.1 Å². The Kier molecular flexibility index (Phi) is 5.12. The van der Waals surface area contributed by atoms with Crippen molar-refractivity contribution < 1.29 is 0 Å². The van der Waals surface area contributed by atoms with Gasteiger partial charge in [-0.3, -0.25) is 5.10 Å². The molecule has 0 aliphatic carbocycles. The third kappa shape index (κ3) is 3.51. The van der Waals surface area contributed by atoms with Crippen molar-refractivity contribution in [1.82, 2.24) is 10.2 Å². The van der Waals surface area contributed by atoms with Crippen molar-refractivity contribution in [2.45, 2.75) is 0 Å². The van der Waals surface area contributed by atoms with Crippen LogP contribution in [0, 0.1) is 0 Å². The Morgan fingerprint density at radius 3 is 2.53 bits per heavy atom. The summed E-state index contributed by atoms with van der Waals surface area (Å²) < 4.78 is 1.37. The van der Waals surface area contributed by atoms with Gasteiger partial charge in [0.2, 0.25) is 0 Å². The SMILES string of the molecule is [Se].c1ccc2sccc2c1.c1cn[nH]c1. The van der Waals surface area contributed by atoms with Gasteiger partial charge in [-0.2, -0.15) is 5.10 Å². The van der Waals surface area contributed by atoms with E-state index < -0.39 is 0 Å². The number of nitrogens with zero attached hydrogens (tertiary/aromatic N) is 1. The standard InChI is InChI=1S/C8H6S.C3H4N2.Se/c1-2-4-8-7(3-1)5-6-9-8;1-2-4-5-3-1;/h1-6H;1-3H,(H,4,5);. The van der Waals surface area contributed by atoms with Gasteiger partial charge >= 0.3 is 0 Å². The largest absolute Gasteiger partial charge is 0.286 e. The van der Waals surface area contributed by atoms with E-state index in [0.717, 1.165) is 0 Å². The molecule has 0 amide bonds. The Bertz CT molecular complexity index is 429. The summed E-state index contributed by atoms with van der Waals surface area (Å²) in [6, 6.07) is 12.4. The number of thiophene rings is 1. The first kappa shape index (κ1) is 12.0. The first-order valence-electron chi connectivity index (χ1n) is 4.33. The van der Waals surface area contributed by atoms with E-state index in [1.54, 1.807) is 23.7 Å². The molecule has 0 saturated heterocycles. The number of rotatable bonds is 0. The minimum atomic E-state index is 0. The number of hydrogen-bond donors (Lipinski definition) is 1. The molecule has 0 spiro atoms. The van der Waals surface area contributed by atoms with Crippen LogP contribution in [0.25, 0.3) is 10.1 Å². The number of nitrogens with one attached hydrogen (secondary N) is 1. The summed E-state index contributed by atoms with van der Waals surface area (Å²) in [5, 5.41) is 9.67. The third-order valence-corrected chi connectivity index (χ3v) is 2.67. The second kappa shape index (κ2) is 6.40. The van der Waals surface area contributed by atoms with Crippen LogP contribution in [0.4, 0.5) is 0 Å². The Morgan fingerprint density at radius 1 is 1.07 bits per heavy atom. The van der Waals surface area contributed by atoms with Gasteiger partial charge < -0.3 is 0 Å². The molecule has 0 atom stereocenters. The Hall–Kier alpha value is -1.09. The molecule has 4 heteroatoms. The van der Waals surface area contributed by atoms with Gasteiger partial charge in [-0.25, -0.2) is 0 Å². The van der Waals surface area contributed by atoms with Crippen molar-refractivity contribution >= 4 is 38.5 Å². The van der Waals surface area contributed by atoms with E-state index in [1.807, 2.05) is 6.07 Å². The van der Waals surface area contributed by atoms with Crippen LogP contribution in [0.3, 0.4) is 0 Å². The zero-order valence-corrected chi connectivity index (χ0v) is 10.5. The molecule has 3 aromatic rings. The molecule has 0 aliphatic heterocycles. The molecule has 1 N–H and O–H groups in total. The third-order valence-electron chi connectivity index (χ3n) is 1.77. The molecular formula is C11H10N2SSe. The van der Waals surface area contributed by atoms with Crippen molar-refractivity contribution in [2.24, 2.45) is 0 Å². The monoisotopic (exact) mass is 282 g/mol. The van der Waals surface area contributed by atoms with Crippen LogP contribution in [0.5, 0.6) is 0 Å². The van der Waals surface area contributed by atoms with Crippen LogP contribution in [-0.4, -0.2) is 27.3 Å². The van der Waals surface area contributed by atoms with Gasteiger partial charge in [0.05, 0.1) is 0 Å².